The van der Waals surface area contributed by atoms with Crippen molar-refractivity contribution >= 4 is 23.1 Å². The highest BCUT2D eigenvalue weighted by molar-refractivity contribution is 8.01. The quantitative estimate of drug-likeness (QED) is 0.888. The Labute approximate surface area is 97.5 Å². The lowest BCUT2D eigenvalue weighted by Gasteiger charge is -2.10. The molecule has 78 valence electrons. The lowest BCUT2D eigenvalue weighted by molar-refractivity contribution is 0.797. The molecule has 0 unspecified atom stereocenters. The van der Waals surface area contributed by atoms with Gasteiger partial charge in [-0.3, -0.25) is 0 Å². The first kappa shape index (κ1) is 10.7. The molecule has 0 fully saturated rings. The van der Waals surface area contributed by atoms with E-state index in [9.17, 15) is 0 Å². The molecule has 0 spiro atoms. The van der Waals surface area contributed by atoms with E-state index in [-0.39, 0.29) is 6.04 Å². The van der Waals surface area contributed by atoms with Crippen molar-refractivity contribution in [3.63, 3.8) is 0 Å². The van der Waals surface area contributed by atoms with E-state index < -0.39 is 0 Å². The van der Waals surface area contributed by atoms with E-state index in [0.717, 1.165) is 4.34 Å². The van der Waals surface area contributed by atoms with E-state index in [1.165, 1.54) is 10.5 Å². The van der Waals surface area contributed by atoms with Gasteiger partial charge in [0.1, 0.15) is 0 Å². The van der Waals surface area contributed by atoms with Gasteiger partial charge in [0.25, 0.3) is 0 Å². The summed E-state index contributed by atoms with van der Waals surface area (Å²) in [6.45, 7) is 2.00. The van der Waals surface area contributed by atoms with E-state index in [1.807, 2.05) is 30.6 Å². The molecular formula is C11H12N2S2. The van der Waals surface area contributed by atoms with Crippen LogP contribution in [0.5, 0.6) is 0 Å². The lowest BCUT2D eigenvalue weighted by atomic mass is 10.1. The first-order valence-electron chi connectivity index (χ1n) is 4.69. The Bertz CT molecular complexity index is 424. The smallest absolute Gasteiger partial charge is 0.154 e. The minimum atomic E-state index is 0.0636. The van der Waals surface area contributed by atoms with Crippen molar-refractivity contribution in [1.29, 1.82) is 0 Å². The molecule has 0 aliphatic carbocycles. The number of nitrogens with zero attached hydrogens (tertiary/aromatic N) is 1. The molecule has 1 atom stereocenters. The van der Waals surface area contributed by atoms with Crippen LogP contribution in [-0.2, 0) is 0 Å². The fraction of sp³-hybridized carbons (Fsp3) is 0.182. The van der Waals surface area contributed by atoms with Gasteiger partial charge in [-0.15, -0.1) is 11.3 Å². The normalized spacial score (nSPS) is 12.7. The molecule has 15 heavy (non-hydrogen) atoms. The van der Waals surface area contributed by atoms with E-state index in [0.29, 0.717) is 0 Å². The number of nitrogens with two attached hydrogens (primary N) is 1. The zero-order chi connectivity index (χ0) is 10.7. The van der Waals surface area contributed by atoms with Crippen molar-refractivity contribution in [2.75, 3.05) is 0 Å². The molecule has 0 aliphatic rings. The molecule has 0 saturated heterocycles. The number of hydrogen-bond acceptors (Lipinski definition) is 4. The molecular weight excluding hydrogens is 224 g/mol. The molecule has 0 bridgehead atoms. The Hall–Kier alpha value is -0.840. The Morgan fingerprint density at radius 1 is 1.40 bits per heavy atom. The van der Waals surface area contributed by atoms with E-state index in [1.54, 1.807) is 23.1 Å². The number of rotatable bonds is 3. The van der Waals surface area contributed by atoms with Gasteiger partial charge in [-0.1, -0.05) is 30.0 Å². The SMILES string of the molecule is C[C@@H](N)c1ccccc1Sc1nccs1. The maximum atomic E-state index is 5.91. The molecule has 2 nitrogen and oxygen atoms in total. The van der Waals surface area contributed by atoms with E-state index in [4.69, 9.17) is 5.73 Å². The van der Waals surface area contributed by atoms with Gasteiger partial charge < -0.3 is 5.73 Å². The van der Waals surface area contributed by atoms with Crippen molar-refractivity contribution in [2.24, 2.45) is 5.73 Å². The van der Waals surface area contributed by atoms with Crippen molar-refractivity contribution < 1.29 is 0 Å². The lowest BCUT2D eigenvalue weighted by Crippen LogP contribution is -2.05. The standard InChI is InChI=1S/C11H12N2S2/c1-8(12)9-4-2-3-5-10(9)15-11-13-6-7-14-11/h2-8H,12H2,1H3/t8-/m1/s1. The van der Waals surface area contributed by atoms with Crippen LogP contribution in [0, 0.1) is 0 Å². The molecule has 0 aliphatic heterocycles. The Balaban J connectivity index is 2.28. The first-order valence-corrected chi connectivity index (χ1v) is 6.39. The van der Waals surface area contributed by atoms with Crippen LogP contribution < -0.4 is 5.73 Å². The van der Waals surface area contributed by atoms with Gasteiger partial charge in [0.2, 0.25) is 0 Å². The maximum absolute atomic E-state index is 5.91. The van der Waals surface area contributed by atoms with Crippen LogP contribution in [-0.4, -0.2) is 4.98 Å². The molecule has 0 saturated carbocycles. The third kappa shape index (κ3) is 2.59. The fourth-order valence-electron chi connectivity index (χ4n) is 1.30. The minimum absolute atomic E-state index is 0.0636. The van der Waals surface area contributed by atoms with Crippen molar-refractivity contribution in [3.05, 3.63) is 41.4 Å². The highest BCUT2D eigenvalue weighted by Gasteiger charge is 2.08. The van der Waals surface area contributed by atoms with Crippen LogP contribution >= 0.6 is 23.1 Å². The van der Waals surface area contributed by atoms with Gasteiger partial charge in [0.05, 0.1) is 0 Å². The fourth-order valence-corrected chi connectivity index (χ4v) is 3.11. The van der Waals surface area contributed by atoms with Crippen LogP contribution in [0.3, 0.4) is 0 Å². The average Bonchev–Trinajstić information content (AvgIpc) is 2.71. The van der Waals surface area contributed by atoms with Crippen molar-refractivity contribution in [2.45, 2.75) is 22.2 Å². The summed E-state index contributed by atoms with van der Waals surface area (Å²) in [7, 11) is 0. The summed E-state index contributed by atoms with van der Waals surface area (Å²) in [6.07, 6.45) is 1.82. The zero-order valence-corrected chi connectivity index (χ0v) is 10.0. The molecule has 0 amide bonds. The minimum Gasteiger partial charge on any atom is -0.324 e. The number of thiazole rings is 1. The summed E-state index contributed by atoms with van der Waals surface area (Å²) >= 11 is 3.33. The molecule has 4 heteroatoms. The predicted molar refractivity (Wildman–Crippen MR) is 65.3 cm³/mol. The third-order valence-corrected chi connectivity index (χ3v) is 3.99. The van der Waals surface area contributed by atoms with Gasteiger partial charge in [-0.25, -0.2) is 4.98 Å². The summed E-state index contributed by atoms with van der Waals surface area (Å²) in [5, 5.41) is 1.98. The predicted octanol–water partition coefficient (Wildman–Crippen LogP) is 3.31. The number of hydrogen-bond donors (Lipinski definition) is 1. The van der Waals surface area contributed by atoms with Crippen molar-refractivity contribution in [3.8, 4) is 0 Å². The second kappa shape index (κ2) is 4.79. The number of benzene rings is 1. The Morgan fingerprint density at radius 2 is 2.20 bits per heavy atom. The molecule has 2 rings (SSSR count). The van der Waals surface area contributed by atoms with Gasteiger partial charge in [0, 0.05) is 22.5 Å². The summed E-state index contributed by atoms with van der Waals surface area (Å²) in [5.74, 6) is 0. The molecule has 0 radical (unpaired) electrons. The molecule has 1 heterocycles. The number of aromatic nitrogens is 1. The van der Waals surface area contributed by atoms with Crippen LogP contribution in [0.1, 0.15) is 18.5 Å². The van der Waals surface area contributed by atoms with Gasteiger partial charge >= 0.3 is 0 Å². The van der Waals surface area contributed by atoms with Crippen molar-refractivity contribution in [1.82, 2.24) is 4.98 Å². The van der Waals surface area contributed by atoms with Gasteiger partial charge in [-0.2, -0.15) is 0 Å². The van der Waals surface area contributed by atoms with Crippen LogP contribution in [0.25, 0.3) is 0 Å². The molecule has 2 N–H and O–H groups in total. The summed E-state index contributed by atoms with van der Waals surface area (Å²) in [6, 6.07) is 8.27. The van der Waals surface area contributed by atoms with Gasteiger partial charge in [0.15, 0.2) is 4.34 Å². The first-order chi connectivity index (χ1) is 7.27. The third-order valence-electron chi connectivity index (χ3n) is 2.02. The molecule has 1 aromatic heterocycles. The van der Waals surface area contributed by atoms with Crippen LogP contribution in [0.15, 0.2) is 45.1 Å². The summed E-state index contributed by atoms with van der Waals surface area (Å²) < 4.78 is 1.06. The van der Waals surface area contributed by atoms with Gasteiger partial charge in [-0.05, 0) is 18.6 Å². The van der Waals surface area contributed by atoms with E-state index in [2.05, 4.69) is 17.1 Å². The average molecular weight is 236 g/mol. The highest BCUT2D eigenvalue weighted by Crippen LogP contribution is 2.33. The monoisotopic (exact) mass is 236 g/mol. The van der Waals surface area contributed by atoms with E-state index >= 15 is 0 Å². The second-order valence-corrected chi connectivity index (χ2v) is 5.41. The molecule has 2 aromatic rings. The summed E-state index contributed by atoms with van der Waals surface area (Å²) in [4.78, 5) is 5.45. The summed E-state index contributed by atoms with van der Waals surface area (Å²) in [5.41, 5.74) is 7.09. The van der Waals surface area contributed by atoms with Crippen LogP contribution in [0.2, 0.25) is 0 Å². The largest absolute Gasteiger partial charge is 0.324 e. The Kier molecular flexibility index (Phi) is 3.41. The maximum Gasteiger partial charge on any atom is 0.154 e. The molecule has 1 aromatic carbocycles. The van der Waals surface area contributed by atoms with Crippen LogP contribution in [0.4, 0.5) is 0 Å². The Morgan fingerprint density at radius 3 is 2.87 bits per heavy atom. The highest BCUT2D eigenvalue weighted by atomic mass is 32.2. The second-order valence-electron chi connectivity index (χ2n) is 3.23. The zero-order valence-electron chi connectivity index (χ0n) is 8.38. The topological polar surface area (TPSA) is 38.9 Å².